The molecule has 0 unspecified atom stereocenters. The Kier molecular flexibility index (Phi) is 5.35. The summed E-state index contributed by atoms with van der Waals surface area (Å²) >= 11 is 0. The van der Waals surface area contributed by atoms with Gasteiger partial charge in [0.2, 0.25) is 0 Å². The number of nitrogens with zero attached hydrogens (tertiary/aromatic N) is 2. The smallest absolute Gasteiger partial charge is 0.321 e. The summed E-state index contributed by atoms with van der Waals surface area (Å²) in [5.74, 6) is -1.71. The van der Waals surface area contributed by atoms with Crippen LogP contribution in [-0.2, 0) is 5.41 Å². The summed E-state index contributed by atoms with van der Waals surface area (Å²) in [6.07, 6.45) is 0. The van der Waals surface area contributed by atoms with Crippen LogP contribution >= 0.6 is 0 Å². The molecule has 1 saturated heterocycles. The molecule has 1 aliphatic heterocycles. The largest absolute Gasteiger partial charge is 0.368 e. The minimum atomic E-state index is -0.855. The Morgan fingerprint density at radius 3 is 2.26 bits per heavy atom. The molecule has 0 atom stereocenters. The topological polar surface area (TPSA) is 35.6 Å². The summed E-state index contributed by atoms with van der Waals surface area (Å²) in [5, 5.41) is 3.02. The van der Waals surface area contributed by atoms with Gasteiger partial charge in [-0.1, -0.05) is 39.0 Å². The number of piperazine rings is 1. The Balaban J connectivity index is 1.63. The molecule has 1 heterocycles. The molecule has 0 saturated carbocycles. The second kappa shape index (κ2) is 7.55. The highest BCUT2D eigenvalue weighted by Crippen LogP contribution is 2.29. The molecule has 4 nitrogen and oxygen atoms in total. The van der Waals surface area contributed by atoms with Crippen molar-refractivity contribution in [2.75, 3.05) is 36.4 Å². The first-order valence-corrected chi connectivity index (χ1v) is 9.11. The number of nitrogens with one attached hydrogen (secondary N) is 1. The van der Waals surface area contributed by atoms with Gasteiger partial charge < -0.3 is 15.1 Å². The maximum atomic E-state index is 13.4. The van der Waals surface area contributed by atoms with Gasteiger partial charge in [0.05, 0.1) is 0 Å². The van der Waals surface area contributed by atoms with Crippen molar-refractivity contribution in [2.45, 2.75) is 26.2 Å². The van der Waals surface area contributed by atoms with E-state index in [2.05, 4.69) is 26.1 Å². The van der Waals surface area contributed by atoms with Crippen LogP contribution in [0.1, 0.15) is 26.3 Å². The Morgan fingerprint density at radius 1 is 0.963 bits per heavy atom. The lowest BCUT2D eigenvalue weighted by Crippen LogP contribution is -2.50. The van der Waals surface area contributed by atoms with Gasteiger partial charge in [0.1, 0.15) is 0 Å². The highest BCUT2D eigenvalue weighted by atomic mass is 19.2. The van der Waals surface area contributed by atoms with E-state index in [1.807, 2.05) is 29.2 Å². The number of urea groups is 1. The zero-order valence-corrected chi connectivity index (χ0v) is 15.9. The van der Waals surface area contributed by atoms with Crippen molar-refractivity contribution in [3.63, 3.8) is 0 Å². The monoisotopic (exact) mass is 373 g/mol. The molecule has 2 aromatic rings. The highest BCUT2D eigenvalue weighted by Gasteiger charge is 2.24. The normalized spacial score (nSPS) is 15.0. The lowest BCUT2D eigenvalue weighted by Gasteiger charge is -2.36. The molecular weight excluding hydrogens is 348 g/mol. The van der Waals surface area contributed by atoms with E-state index >= 15 is 0 Å². The van der Waals surface area contributed by atoms with Crippen molar-refractivity contribution in [1.82, 2.24) is 4.90 Å². The van der Waals surface area contributed by atoms with Crippen molar-refractivity contribution in [3.05, 3.63) is 59.7 Å². The Bertz CT molecular complexity index is 824. The van der Waals surface area contributed by atoms with Crippen LogP contribution in [0.3, 0.4) is 0 Å². The van der Waals surface area contributed by atoms with E-state index in [9.17, 15) is 13.6 Å². The molecule has 0 aliphatic carbocycles. The van der Waals surface area contributed by atoms with Gasteiger partial charge in [-0.05, 0) is 29.2 Å². The quantitative estimate of drug-likeness (QED) is 0.834. The number of hydrogen-bond acceptors (Lipinski definition) is 2. The van der Waals surface area contributed by atoms with Gasteiger partial charge >= 0.3 is 6.03 Å². The van der Waals surface area contributed by atoms with Crippen molar-refractivity contribution in [2.24, 2.45) is 0 Å². The minimum Gasteiger partial charge on any atom is -0.368 e. The zero-order chi connectivity index (χ0) is 19.6. The molecule has 2 amide bonds. The van der Waals surface area contributed by atoms with E-state index < -0.39 is 11.6 Å². The first kappa shape index (κ1) is 19.1. The number of amides is 2. The van der Waals surface area contributed by atoms with Gasteiger partial charge in [0.25, 0.3) is 0 Å². The maximum Gasteiger partial charge on any atom is 0.321 e. The van der Waals surface area contributed by atoms with Crippen LogP contribution in [0, 0.1) is 11.6 Å². The van der Waals surface area contributed by atoms with Crippen molar-refractivity contribution < 1.29 is 13.6 Å². The van der Waals surface area contributed by atoms with Gasteiger partial charge in [-0.15, -0.1) is 0 Å². The number of para-hydroxylation sites is 1. The number of benzene rings is 2. The summed E-state index contributed by atoms with van der Waals surface area (Å²) in [7, 11) is 0. The number of carbonyl (C=O) groups is 1. The van der Waals surface area contributed by atoms with E-state index in [0.717, 1.165) is 17.3 Å². The number of carbonyl (C=O) groups excluding carboxylic acids is 1. The molecule has 0 spiro atoms. The van der Waals surface area contributed by atoms with Gasteiger partial charge in [-0.2, -0.15) is 0 Å². The van der Waals surface area contributed by atoms with E-state index in [4.69, 9.17) is 0 Å². The molecule has 1 fully saturated rings. The standard InChI is InChI=1S/C21H25F2N3O/c1-21(2,3)16-6-4-5-7-19(16)24-20(27)26-12-10-25(11-13-26)15-8-9-17(22)18(23)14-15/h4-9,14H,10-13H2,1-3H3,(H,24,27). The molecule has 1 N–H and O–H groups in total. The summed E-state index contributed by atoms with van der Waals surface area (Å²) < 4.78 is 26.5. The van der Waals surface area contributed by atoms with Gasteiger partial charge in [0.15, 0.2) is 11.6 Å². The molecule has 0 radical (unpaired) electrons. The van der Waals surface area contributed by atoms with Crippen molar-refractivity contribution >= 4 is 17.4 Å². The van der Waals surface area contributed by atoms with Gasteiger partial charge in [0, 0.05) is 43.6 Å². The van der Waals surface area contributed by atoms with E-state index in [0.29, 0.717) is 31.9 Å². The Labute approximate surface area is 158 Å². The van der Waals surface area contributed by atoms with E-state index in [1.54, 1.807) is 11.0 Å². The first-order chi connectivity index (χ1) is 12.8. The summed E-state index contributed by atoms with van der Waals surface area (Å²) in [6.45, 7) is 8.50. The van der Waals surface area contributed by atoms with Crippen molar-refractivity contribution in [3.8, 4) is 0 Å². The molecule has 0 bridgehead atoms. The number of anilines is 2. The van der Waals surface area contributed by atoms with Crippen LogP contribution in [0.2, 0.25) is 0 Å². The minimum absolute atomic E-state index is 0.0742. The third kappa shape index (κ3) is 4.38. The number of halogens is 2. The first-order valence-electron chi connectivity index (χ1n) is 9.11. The number of rotatable bonds is 2. The summed E-state index contributed by atoms with van der Waals surface area (Å²) in [4.78, 5) is 16.4. The Morgan fingerprint density at radius 2 is 1.63 bits per heavy atom. The average Bonchev–Trinajstić information content (AvgIpc) is 2.64. The van der Waals surface area contributed by atoms with Crippen molar-refractivity contribution in [1.29, 1.82) is 0 Å². The van der Waals surface area contributed by atoms with Crippen LogP contribution in [0.5, 0.6) is 0 Å². The molecule has 0 aromatic heterocycles. The lowest BCUT2D eigenvalue weighted by atomic mass is 9.86. The van der Waals surface area contributed by atoms with Crippen LogP contribution in [0.4, 0.5) is 25.0 Å². The van der Waals surface area contributed by atoms with Gasteiger partial charge in [-0.25, -0.2) is 13.6 Å². The molecule has 144 valence electrons. The van der Waals surface area contributed by atoms with Crippen LogP contribution in [-0.4, -0.2) is 37.1 Å². The lowest BCUT2D eigenvalue weighted by molar-refractivity contribution is 0.208. The predicted octanol–water partition coefficient (Wildman–Crippen LogP) is 4.62. The van der Waals surface area contributed by atoms with Crippen LogP contribution < -0.4 is 10.2 Å². The molecule has 3 rings (SSSR count). The SMILES string of the molecule is CC(C)(C)c1ccccc1NC(=O)N1CCN(c2ccc(F)c(F)c2)CC1. The molecule has 2 aromatic carbocycles. The fourth-order valence-electron chi connectivity index (χ4n) is 3.29. The van der Waals surface area contributed by atoms with Crippen LogP contribution in [0.25, 0.3) is 0 Å². The second-order valence-electron chi connectivity index (χ2n) is 7.80. The molecule has 27 heavy (non-hydrogen) atoms. The number of hydrogen-bond donors (Lipinski definition) is 1. The third-order valence-corrected chi connectivity index (χ3v) is 4.81. The van der Waals surface area contributed by atoms with Gasteiger partial charge in [-0.3, -0.25) is 0 Å². The molecule has 1 aliphatic rings. The highest BCUT2D eigenvalue weighted by molar-refractivity contribution is 5.90. The molecular formula is C21H25F2N3O. The Hall–Kier alpha value is -2.63. The second-order valence-corrected chi connectivity index (χ2v) is 7.80. The maximum absolute atomic E-state index is 13.4. The zero-order valence-electron chi connectivity index (χ0n) is 15.9. The van der Waals surface area contributed by atoms with Crippen LogP contribution in [0.15, 0.2) is 42.5 Å². The summed E-state index contributed by atoms with van der Waals surface area (Å²) in [6, 6.07) is 11.6. The van der Waals surface area contributed by atoms with E-state index in [1.165, 1.54) is 6.07 Å². The third-order valence-electron chi connectivity index (χ3n) is 4.81. The average molecular weight is 373 g/mol. The molecule has 6 heteroatoms. The fraction of sp³-hybridized carbons (Fsp3) is 0.381. The fourth-order valence-corrected chi connectivity index (χ4v) is 3.29. The van der Waals surface area contributed by atoms with E-state index in [-0.39, 0.29) is 11.4 Å². The predicted molar refractivity (Wildman–Crippen MR) is 104 cm³/mol. The summed E-state index contributed by atoms with van der Waals surface area (Å²) in [5.41, 5.74) is 2.46.